The van der Waals surface area contributed by atoms with Crippen molar-refractivity contribution in [3.05, 3.63) is 116 Å². The molecule has 0 N–H and O–H groups in total. The number of fused-ring (bicyclic) bond motifs is 5. The van der Waals surface area contributed by atoms with Crippen LogP contribution in [0.15, 0.2) is 84.3 Å². The van der Waals surface area contributed by atoms with Crippen LogP contribution in [0, 0.1) is 5.41 Å². The molecule has 0 radical (unpaired) electrons. The molecule has 3 aromatic carbocycles. The summed E-state index contributed by atoms with van der Waals surface area (Å²) < 4.78 is 11.5. The Balaban J connectivity index is 1.59. The zero-order chi connectivity index (χ0) is 28.5. The number of para-hydroxylation sites is 1. The minimum Gasteiger partial charge on any atom is -0.493 e. The number of nitrogens with zero attached hydrogens (tertiary/aromatic N) is 1. The Bertz CT molecular complexity index is 1740. The van der Waals surface area contributed by atoms with E-state index < -0.39 is 23.4 Å². The Morgan fingerprint density at radius 1 is 0.927 bits per heavy atom. The molecule has 1 saturated heterocycles. The van der Waals surface area contributed by atoms with E-state index in [2.05, 4.69) is 0 Å². The molecule has 1 aliphatic carbocycles. The summed E-state index contributed by atoms with van der Waals surface area (Å²) in [5.41, 5.74) is 1.20. The van der Waals surface area contributed by atoms with Crippen molar-refractivity contribution in [3.8, 4) is 11.5 Å². The van der Waals surface area contributed by atoms with Gasteiger partial charge in [-0.25, -0.2) is 0 Å². The molecule has 3 atom stereocenters. The predicted molar refractivity (Wildman–Crippen MR) is 159 cm³/mol. The lowest BCUT2D eigenvalue weighted by molar-refractivity contribution is 0.0664. The zero-order valence-corrected chi connectivity index (χ0v) is 23.7. The summed E-state index contributed by atoms with van der Waals surface area (Å²) in [6.07, 6.45) is 3.77. The SMILES string of the molecule is COc1cccc([C@H]2[C@H](C(=O)c3cccs3)N3c4ccc(Cl)cc4C=CC3C23C(=O)c2ccccc2C3=O)c1OC. The van der Waals surface area contributed by atoms with Crippen molar-refractivity contribution < 1.29 is 23.9 Å². The second-order valence-corrected chi connectivity index (χ2v) is 11.7. The number of ether oxygens (including phenoxy) is 2. The van der Waals surface area contributed by atoms with Gasteiger partial charge in [0, 0.05) is 33.3 Å². The molecule has 0 amide bonds. The summed E-state index contributed by atoms with van der Waals surface area (Å²) in [5.74, 6) is -0.834. The number of ketones is 3. The number of carbonyl (C=O) groups is 3. The summed E-state index contributed by atoms with van der Waals surface area (Å²) >= 11 is 7.70. The number of benzene rings is 3. The van der Waals surface area contributed by atoms with E-state index in [0.717, 1.165) is 11.3 Å². The Kier molecular flexibility index (Phi) is 5.92. The minimum absolute atomic E-state index is 0.176. The van der Waals surface area contributed by atoms with Crippen LogP contribution in [0.3, 0.4) is 0 Å². The van der Waals surface area contributed by atoms with Crippen molar-refractivity contribution in [3.63, 3.8) is 0 Å². The van der Waals surface area contributed by atoms with Gasteiger partial charge in [-0.1, -0.05) is 66.2 Å². The quantitative estimate of drug-likeness (QED) is 0.192. The van der Waals surface area contributed by atoms with Gasteiger partial charge in [0.2, 0.25) is 0 Å². The Morgan fingerprint density at radius 2 is 1.68 bits per heavy atom. The monoisotopic (exact) mass is 581 g/mol. The van der Waals surface area contributed by atoms with Crippen LogP contribution in [0.1, 0.15) is 47.4 Å². The highest BCUT2D eigenvalue weighted by atomic mass is 35.5. The van der Waals surface area contributed by atoms with Crippen LogP contribution >= 0.6 is 22.9 Å². The highest BCUT2D eigenvalue weighted by molar-refractivity contribution is 7.12. The Morgan fingerprint density at radius 3 is 2.34 bits per heavy atom. The van der Waals surface area contributed by atoms with Gasteiger partial charge in [-0.05, 0) is 41.3 Å². The number of methoxy groups -OCH3 is 2. The third-order valence-corrected chi connectivity index (χ3v) is 9.69. The fraction of sp³-hybridized carbons (Fsp3) is 0.182. The molecule has 204 valence electrons. The molecule has 4 aromatic rings. The van der Waals surface area contributed by atoms with Crippen molar-refractivity contribution in [2.75, 3.05) is 19.1 Å². The first-order valence-corrected chi connectivity index (χ1v) is 14.4. The largest absolute Gasteiger partial charge is 0.493 e. The number of rotatable bonds is 5. The average Bonchev–Trinajstić information content (AvgIpc) is 3.70. The summed E-state index contributed by atoms with van der Waals surface area (Å²) in [6.45, 7) is 0. The third kappa shape index (κ3) is 3.39. The molecular weight excluding hydrogens is 558 g/mol. The first-order valence-electron chi connectivity index (χ1n) is 13.2. The standard InChI is InChI=1S/C33H24ClNO5S/c1-39-24-10-5-9-22(30(24)40-2)27-28(29(36)25-11-6-16-41-25)35-23-14-13-19(34)17-18(23)12-15-26(35)33(27)31(37)20-7-3-4-8-21(20)32(33)38/h3-17,26-28H,1-2H3/t26?,27-,28+/m0/s1. The topological polar surface area (TPSA) is 72.9 Å². The first-order chi connectivity index (χ1) is 19.9. The minimum atomic E-state index is -1.63. The van der Waals surface area contributed by atoms with E-state index >= 15 is 0 Å². The van der Waals surface area contributed by atoms with Crippen molar-refractivity contribution >= 4 is 52.1 Å². The second kappa shape index (κ2) is 9.43. The summed E-state index contributed by atoms with van der Waals surface area (Å²) in [5, 5.41) is 2.40. The lowest BCUT2D eigenvalue weighted by Gasteiger charge is -2.37. The van der Waals surface area contributed by atoms with Gasteiger partial charge in [0.1, 0.15) is 11.5 Å². The first kappa shape index (κ1) is 25.7. The van der Waals surface area contributed by atoms with E-state index in [1.807, 2.05) is 46.7 Å². The molecule has 41 heavy (non-hydrogen) atoms. The molecule has 7 rings (SSSR count). The van der Waals surface area contributed by atoms with E-state index in [9.17, 15) is 14.4 Å². The summed E-state index contributed by atoms with van der Waals surface area (Å²) in [4.78, 5) is 46.6. The Hall–Kier alpha value is -4.20. The van der Waals surface area contributed by atoms with E-state index in [1.54, 1.807) is 48.5 Å². The van der Waals surface area contributed by atoms with Gasteiger partial charge in [0.05, 0.1) is 25.1 Å². The average molecular weight is 582 g/mol. The summed E-state index contributed by atoms with van der Waals surface area (Å²) in [7, 11) is 3.06. The van der Waals surface area contributed by atoms with Crippen LogP contribution in [0.4, 0.5) is 5.69 Å². The second-order valence-electron chi connectivity index (χ2n) is 10.3. The van der Waals surface area contributed by atoms with Gasteiger partial charge >= 0.3 is 0 Å². The fourth-order valence-corrected chi connectivity index (χ4v) is 7.89. The van der Waals surface area contributed by atoms with Gasteiger partial charge in [-0.3, -0.25) is 14.4 Å². The lowest BCUT2D eigenvalue weighted by Crippen LogP contribution is -2.48. The van der Waals surface area contributed by atoms with Crippen LogP contribution in [0.25, 0.3) is 6.08 Å². The van der Waals surface area contributed by atoms with E-state index in [0.29, 0.717) is 38.1 Å². The van der Waals surface area contributed by atoms with Crippen molar-refractivity contribution in [2.24, 2.45) is 5.41 Å². The maximum atomic E-state index is 14.8. The number of carbonyl (C=O) groups excluding carboxylic acids is 3. The molecule has 2 aliphatic heterocycles. The molecule has 3 heterocycles. The van der Waals surface area contributed by atoms with E-state index in [4.69, 9.17) is 21.1 Å². The molecule has 6 nitrogen and oxygen atoms in total. The van der Waals surface area contributed by atoms with Crippen molar-refractivity contribution in [1.29, 1.82) is 0 Å². The Labute approximate surface area is 245 Å². The van der Waals surface area contributed by atoms with Crippen molar-refractivity contribution in [1.82, 2.24) is 0 Å². The van der Waals surface area contributed by atoms with Gasteiger partial charge in [-0.2, -0.15) is 0 Å². The van der Waals surface area contributed by atoms with Crippen LogP contribution in [0.5, 0.6) is 11.5 Å². The van der Waals surface area contributed by atoms with Gasteiger partial charge in [-0.15, -0.1) is 11.3 Å². The number of hydrogen-bond donors (Lipinski definition) is 0. The summed E-state index contributed by atoms with van der Waals surface area (Å²) in [6, 6.07) is 19.7. The predicted octanol–water partition coefficient (Wildman–Crippen LogP) is 6.74. The normalized spacial score (nSPS) is 21.5. The van der Waals surface area contributed by atoms with E-state index in [1.165, 1.54) is 25.6 Å². The maximum Gasteiger partial charge on any atom is 0.195 e. The number of halogens is 1. The number of anilines is 1. The van der Waals surface area contributed by atoms with Gasteiger partial charge in [0.15, 0.2) is 28.8 Å². The number of hydrogen-bond acceptors (Lipinski definition) is 7. The smallest absolute Gasteiger partial charge is 0.195 e. The molecule has 1 aromatic heterocycles. The highest BCUT2D eigenvalue weighted by Gasteiger charge is 2.72. The van der Waals surface area contributed by atoms with Crippen LogP contribution in [0.2, 0.25) is 5.02 Å². The number of Topliss-reactive ketones (excluding diaryl/α,β-unsaturated/α-hetero) is 3. The molecule has 3 aliphatic rings. The fourth-order valence-electron chi connectivity index (χ4n) is 7.01. The van der Waals surface area contributed by atoms with Crippen molar-refractivity contribution in [2.45, 2.75) is 18.0 Å². The van der Waals surface area contributed by atoms with Crippen LogP contribution < -0.4 is 14.4 Å². The maximum absolute atomic E-state index is 14.8. The van der Waals surface area contributed by atoms with Crippen LogP contribution in [-0.2, 0) is 0 Å². The van der Waals surface area contributed by atoms with Crippen LogP contribution in [-0.4, -0.2) is 43.7 Å². The molecule has 0 bridgehead atoms. The lowest BCUT2D eigenvalue weighted by atomic mass is 9.64. The molecule has 1 unspecified atom stereocenters. The zero-order valence-electron chi connectivity index (χ0n) is 22.2. The molecule has 1 spiro atoms. The highest BCUT2D eigenvalue weighted by Crippen LogP contribution is 2.62. The molecular formula is C33H24ClNO5S. The number of thiophene rings is 1. The van der Waals surface area contributed by atoms with Gasteiger partial charge in [0.25, 0.3) is 0 Å². The van der Waals surface area contributed by atoms with E-state index in [-0.39, 0.29) is 17.3 Å². The van der Waals surface area contributed by atoms with Gasteiger partial charge < -0.3 is 14.4 Å². The third-order valence-electron chi connectivity index (χ3n) is 8.57. The molecule has 8 heteroatoms. The molecule has 0 saturated carbocycles. The molecule has 1 fully saturated rings.